The van der Waals surface area contributed by atoms with Gasteiger partial charge in [0.25, 0.3) is 0 Å². The second kappa shape index (κ2) is 15.2. The molecule has 0 fully saturated rings. The van der Waals surface area contributed by atoms with Gasteiger partial charge in [-0.2, -0.15) is 0 Å². The summed E-state index contributed by atoms with van der Waals surface area (Å²) in [7, 11) is 0. The lowest BCUT2D eigenvalue weighted by molar-refractivity contribution is 0.626. The van der Waals surface area contributed by atoms with Crippen molar-refractivity contribution < 1.29 is 0 Å². The zero-order valence-corrected chi connectivity index (χ0v) is 11.9. The van der Waals surface area contributed by atoms with Crippen LogP contribution in [0.2, 0.25) is 0 Å². The first-order chi connectivity index (χ1) is 6.27. The van der Waals surface area contributed by atoms with Crippen LogP contribution in [0.25, 0.3) is 0 Å². The van der Waals surface area contributed by atoms with Gasteiger partial charge >= 0.3 is 0 Å². The van der Waals surface area contributed by atoms with Gasteiger partial charge in [0.05, 0.1) is 0 Å². The van der Waals surface area contributed by atoms with E-state index in [0.29, 0.717) is 0 Å². The topological polar surface area (TPSA) is 0 Å². The van der Waals surface area contributed by atoms with Crippen LogP contribution in [0.4, 0.5) is 0 Å². The summed E-state index contributed by atoms with van der Waals surface area (Å²) in [5.41, 5.74) is 1.38. The Morgan fingerprint density at radius 3 is 1.14 bits per heavy atom. The van der Waals surface area contributed by atoms with Crippen molar-refractivity contribution >= 4 is 0 Å². The average molecular weight is 200 g/mol. The molecule has 14 heavy (non-hydrogen) atoms. The molecule has 0 aromatic rings. The van der Waals surface area contributed by atoms with Gasteiger partial charge in [0.1, 0.15) is 0 Å². The van der Waals surface area contributed by atoms with Gasteiger partial charge in [0, 0.05) is 0 Å². The van der Waals surface area contributed by atoms with Gasteiger partial charge in [0.15, 0.2) is 0 Å². The maximum atomic E-state index is 2.22. The van der Waals surface area contributed by atoms with Crippen LogP contribution < -0.4 is 0 Å². The summed E-state index contributed by atoms with van der Waals surface area (Å²) in [5, 5.41) is 0. The van der Waals surface area contributed by atoms with Crippen LogP contribution in [0.3, 0.4) is 0 Å². The van der Waals surface area contributed by atoms with Crippen molar-refractivity contribution in [1.82, 2.24) is 0 Å². The molecule has 0 bridgehead atoms. The minimum absolute atomic E-state index is 0.833. The van der Waals surface area contributed by atoms with Gasteiger partial charge in [-0.05, 0) is 32.6 Å². The van der Waals surface area contributed by atoms with Crippen LogP contribution in [0.1, 0.15) is 68.7 Å². The molecule has 0 nitrogen and oxygen atoms in total. The smallest absolute Gasteiger partial charge is 0.0442 e. The highest BCUT2D eigenvalue weighted by molar-refractivity contribution is 4.88. The Bertz CT molecular complexity index is 100. The Balaban J connectivity index is -0.000000131. The molecule has 0 saturated carbocycles. The van der Waals surface area contributed by atoms with E-state index in [1.165, 1.54) is 12.0 Å². The molecule has 0 unspecified atom stereocenters. The molecule has 0 aliphatic heterocycles. The van der Waals surface area contributed by atoms with E-state index in [2.05, 4.69) is 61.5 Å². The van der Waals surface area contributed by atoms with Gasteiger partial charge in [0.2, 0.25) is 0 Å². The van der Waals surface area contributed by atoms with Crippen molar-refractivity contribution in [3.63, 3.8) is 0 Å². The van der Waals surface area contributed by atoms with Crippen LogP contribution >= 0.6 is 0 Å². The summed E-state index contributed by atoms with van der Waals surface area (Å²) in [6, 6.07) is 0. The minimum atomic E-state index is 0.833. The van der Waals surface area contributed by atoms with E-state index in [-0.39, 0.29) is 0 Å². The molecule has 0 heteroatoms. The Morgan fingerprint density at radius 1 is 1.00 bits per heavy atom. The van der Waals surface area contributed by atoms with Gasteiger partial charge in [-0.3, -0.25) is 0 Å². The van der Waals surface area contributed by atoms with E-state index < -0.39 is 0 Å². The molecule has 0 spiro atoms. The van der Waals surface area contributed by atoms with Crippen LogP contribution in [0.15, 0.2) is 11.6 Å². The Labute approximate surface area is 92.8 Å². The Hall–Kier alpha value is -0.260. The summed E-state index contributed by atoms with van der Waals surface area (Å²) in [4.78, 5) is 0. The lowest BCUT2D eigenvalue weighted by Crippen LogP contribution is -1.77. The monoisotopic (exact) mass is 200 g/mol. The van der Waals surface area contributed by atoms with Crippen LogP contribution in [0.5, 0.6) is 0 Å². The first-order valence-electron chi connectivity index (χ1n) is 5.87. The van der Waals surface area contributed by atoms with Crippen molar-refractivity contribution in [2.75, 3.05) is 0 Å². The predicted octanol–water partition coefficient (Wildman–Crippen LogP) is 5.69. The van der Waals surface area contributed by atoms with E-state index in [1.54, 1.807) is 0 Å². The van der Waals surface area contributed by atoms with E-state index in [4.69, 9.17) is 0 Å². The summed E-state index contributed by atoms with van der Waals surface area (Å²) < 4.78 is 0. The number of allylic oxidation sites excluding steroid dienone is 2. The Morgan fingerprint density at radius 2 is 1.14 bits per heavy atom. The largest absolute Gasteiger partial charge is 0.0890 e. The van der Waals surface area contributed by atoms with E-state index >= 15 is 0 Å². The lowest BCUT2D eigenvalue weighted by atomic mass is 10.2. The normalized spacial score (nSPS) is 8.50. The maximum Gasteiger partial charge on any atom is -0.0442 e. The van der Waals surface area contributed by atoms with Gasteiger partial charge in [-0.15, -0.1) is 0 Å². The summed E-state index contributed by atoms with van der Waals surface area (Å²) in [5.74, 6) is 1.72. The molecule has 0 amide bonds. The third-order valence-electron chi connectivity index (χ3n) is 1.39. The highest BCUT2D eigenvalue weighted by atomic mass is 13.9. The van der Waals surface area contributed by atoms with Crippen LogP contribution in [0, 0.1) is 11.8 Å². The molecule has 88 valence electrons. The zero-order chi connectivity index (χ0) is 12.1. The third kappa shape index (κ3) is 96.8. The highest BCUT2D eigenvalue weighted by Crippen LogP contribution is 1.93. The fourth-order valence-electron chi connectivity index (χ4n) is 0. The molecule has 0 radical (unpaired) electrons. The van der Waals surface area contributed by atoms with Crippen molar-refractivity contribution in [3.8, 4) is 0 Å². The van der Waals surface area contributed by atoms with Crippen LogP contribution in [-0.4, -0.2) is 0 Å². The second-order valence-corrected chi connectivity index (χ2v) is 4.90. The first kappa shape index (κ1) is 19.3. The number of hydrogen-bond donors (Lipinski definition) is 0. The molecule has 0 aromatic heterocycles. The predicted molar refractivity (Wildman–Crippen MR) is 70.7 cm³/mol. The van der Waals surface area contributed by atoms with Crippen molar-refractivity contribution in [2.24, 2.45) is 11.8 Å². The molecule has 0 aromatic carbocycles. The summed E-state index contributed by atoms with van der Waals surface area (Å²) in [6.07, 6.45) is 3.39. The standard InChI is InChI=1S/C5H12.C5H10.C4H10/c2*1-4-5(2)3;1-4(2)3/h5H,4H2,1-3H3;4H,1-3H3;4H,1-3H3. The Kier molecular flexibility index (Phi) is 21.0. The van der Waals surface area contributed by atoms with Gasteiger partial charge in [-0.25, -0.2) is 0 Å². The summed E-state index contributed by atoms with van der Waals surface area (Å²) in [6.45, 7) is 19.3. The van der Waals surface area contributed by atoms with Crippen molar-refractivity contribution in [1.29, 1.82) is 0 Å². The first-order valence-corrected chi connectivity index (χ1v) is 5.87. The molecule has 0 atom stereocenters. The van der Waals surface area contributed by atoms with Gasteiger partial charge < -0.3 is 0 Å². The van der Waals surface area contributed by atoms with Crippen LogP contribution in [-0.2, 0) is 0 Å². The quantitative estimate of drug-likeness (QED) is 0.477. The van der Waals surface area contributed by atoms with E-state index in [0.717, 1.165) is 11.8 Å². The zero-order valence-electron chi connectivity index (χ0n) is 11.9. The van der Waals surface area contributed by atoms with E-state index in [1.807, 2.05) is 6.92 Å². The average Bonchev–Trinajstić information content (AvgIpc) is 2.04. The molecular weight excluding hydrogens is 168 g/mol. The summed E-state index contributed by atoms with van der Waals surface area (Å²) >= 11 is 0. The van der Waals surface area contributed by atoms with Crippen molar-refractivity contribution in [3.05, 3.63) is 11.6 Å². The fraction of sp³-hybridized carbons (Fsp3) is 0.857. The van der Waals surface area contributed by atoms with E-state index in [9.17, 15) is 0 Å². The van der Waals surface area contributed by atoms with Gasteiger partial charge in [-0.1, -0.05) is 59.6 Å². The molecular formula is C14H32. The number of hydrogen-bond acceptors (Lipinski definition) is 0. The molecule has 0 N–H and O–H groups in total. The fourth-order valence-corrected chi connectivity index (χ4v) is 0. The number of rotatable bonds is 1. The molecule has 0 rings (SSSR count). The minimum Gasteiger partial charge on any atom is -0.0890 e. The third-order valence-corrected chi connectivity index (χ3v) is 1.39. The highest BCUT2D eigenvalue weighted by Gasteiger charge is 1.80. The SMILES string of the molecule is CC(C)C.CC=C(C)C.CCC(C)C. The van der Waals surface area contributed by atoms with Crippen molar-refractivity contribution in [2.45, 2.75) is 68.7 Å². The molecule has 0 aliphatic rings. The second-order valence-electron chi connectivity index (χ2n) is 4.90. The molecule has 0 saturated heterocycles. The lowest BCUT2D eigenvalue weighted by Gasteiger charge is -1.90. The maximum absolute atomic E-state index is 2.22. The molecule has 0 heterocycles. The molecule has 0 aliphatic carbocycles.